The van der Waals surface area contributed by atoms with Crippen molar-refractivity contribution in [1.29, 1.82) is 0 Å². The van der Waals surface area contributed by atoms with Crippen molar-refractivity contribution in [3.05, 3.63) is 71.8 Å². The van der Waals surface area contributed by atoms with Crippen LogP contribution in [-0.2, 0) is 4.79 Å². The Morgan fingerprint density at radius 3 is 2.10 bits per heavy atom. The van der Waals surface area contributed by atoms with Crippen molar-refractivity contribution in [3.8, 4) is 0 Å². The van der Waals surface area contributed by atoms with Crippen molar-refractivity contribution in [2.45, 2.75) is 70.5 Å². The van der Waals surface area contributed by atoms with Gasteiger partial charge in [0.2, 0.25) is 5.91 Å². The molecule has 0 aliphatic heterocycles. The highest BCUT2D eigenvalue weighted by molar-refractivity contribution is 5.79. The van der Waals surface area contributed by atoms with Crippen LogP contribution >= 0.6 is 0 Å². The molecule has 5 heteroatoms. The fourth-order valence-corrected chi connectivity index (χ4v) is 4.25. The first-order chi connectivity index (χ1) is 15.0. The molecule has 2 unspecified atom stereocenters. The van der Waals surface area contributed by atoms with Gasteiger partial charge >= 0.3 is 6.03 Å². The number of hydrogen-bond acceptors (Lipinski definition) is 2. The molecule has 0 spiro atoms. The molecule has 0 radical (unpaired) electrons. The molecular formula is C26H35N3O2. The van der Waals surface area contributed by atoms with Crippen LogP contribution in [0.25, 0.3) is 0 Å². The van der Waals surface area contributed by atoms with E-state index in [1.165, 1.54) is 19.3 Å². The smallest absolute Gasteiger partial charge is 0.318 e. The molecule has 0 heterocycles. The van der Waals surface area contributed by atoms with Crippen molar-refractivity contribution >= 4 is 11.9 Å². The van der Waals surface area contributed by atoms with Gasteiger partial charge in [-0.15, -0.1) is 0 Å². The number of rotatable bonds is 8. The molecule has 3 rings (SSSR count). The molecule has 166 valence electrons. The van der Waals surface area contributed by atoms with Crippen molar-refractivity contribution in [2.24, 2.45) is 0 Å². The number of amides is 3. The standard InChI is InChI=1S/C26H35N3O2/c1-20(22-12-6-3-7-13-22)27-25(30)18-19-29(21(2)23-14-8-4-9-15-23)26(31)28-24-16-10-5-11-17-24/h3-4,6-9,12-15,20-21,24H,5,10-11,16-19H2,1-2H3,(H,27,30)(H,28,31). The number of benzene rings is 2. The summed E-state index contributed by atoms with van der Waals surface area (Å²) in [6.07, 6.45) is 5.92. The summed E-state index contributed by atoms with van der Waals surface area (Å²) in [5.74, 6) is -0.0490. The van der Waals surface area contributed by atoms with Crippen molar-refractivity contribution in [2.75, 3.05) is 6.54 Å². The van der Waals surface area contributed by atoms with Gasteiger partial charge in [0.1, 0.15) is 0 Å². The zero-order valence-corrected chi connectivity index (χ0v) is 18.7. The van der Waals surface area contributed by atoms with E-state index in [0.29, 0.717) is 6.54 Å². The fourth-order valence-electron chi connectivity index (χ4n) is 4.25. The lowest BCUT2D eigenvalue weighted by atomic mass is 9.95. The van der Waals surface area contributed by atoms with Gasteiger partial charge in [0.25, 0.3) is 0 Å². The largest absolute Gasteiger partial charge is 0.350 e. The molecule has 2 aromatic carbocycles. The molecule has 0 bridgehead atoms. The summed E-state index contributed by atoms with van der Waals surface area (Å²) >= 11 is 0. The zero-order chi connectivity index (χ0) is 22.1. The SMILES string of the molecule is CC(NC(=O)CCN(C(=O)NC1CCCCC1)C(C)c1ccccc1)c1ccccc1. The minimum absolute atomic E-state index is 0.0490. The number of hydrogen-bond donors (Lipinski definition) is 2. The minimum atomic E-state index is -0.107. The molecule has 1 aliphatic carbocycles. The van der Waals surface area contributed by atoms with Crippen LogP contribution in [-0.4, -0.2) is 29.4 Å². The Morgan fingerprint density at radius 1 is 0.903 bits per heavy atom. The molecule has 1 fully saturated rings. The second kappa shape index (κ2) is 11.5. The Balaban J connectivity index is 1.62. The van der Waals surface area contributed by atoms with E-state index in [2.05, 4.69) is 10.6 Å². The summed E-state index contributed by atoms with van der Waals surface area (Å²) in [4.78, 5) is 27.6. The van der Waals surface area contributed by atoms with E-state index in [4.69, 9.17) is 0 Å². The lowest BCUT2D eigenvalue weighted by Crippen LogP contribution is -2.47. The third kappa shape index (κ3) is 6.84. The van der Waals surface area contributed by atoms with E-state index >= 15 is 0 Å². The predicted octanol–water partition coefficient (Wildman–Crippen LogP) is 5.36. The van der Waals surface area contributed by atoms with E-state index in [1.54, 1.807) is 4.90 Å². The topological polar surface area (TPSA) is 61.4 Å². The summed E-state index contributed by atoms with van der Waals surface area (Å²) in [7, 11) is 0. The Bertz CT molecular complexity index is 819. The van der Waals surface area contributed by atoms with E-state index in [-0.39, 0.29) is 36.5 Å². The number of carbonyl (C=O) groups is 2. The molecule has 1 aliphatic rings. The first-order valence-electron chi connectivity index (χ1n) is 11.5. The summed E-state index contributed by atoms with van der Waals surface area (Å²) in [6.45, 7) is 4.38. The van der Waals surface area contributed by atoms with E-state index in [9.17, 15) is 9.59 Å². The third-order valence-electron chi connectivity index (χ3n) is 6.20. The van der Waals surface area contributed by atoms with Crippen molar-refractivity contribution in [3.63, 3.8) is 0 Å². The highest BCUT2D eigenvalue weighted by Crippen LogP contribution is 2.22. The number of carbonyl (C=O) groups excluding carboxylic acids is 2. The van der Waals surface area contributed by atoms with Crippen LogP contribution in [0.15, 0.2) is 60.7 Å². The zero-order valence-electron chi connectivity index (χ0n) is 18.7. The van der Waals surface area contributed by atoms with Gasteiger partial charge in [-0.3, -0.25) is 4.79 Å². The molecule has 31 heavy (non-hydrogen) atoms. The van der Waals surface area contributed by atoms with Crippen LogP contribution in [0.5, 0.6) is 0 Å². The Hall–Kier alpha value is -2.82. The van der Waals surface area contributed by atoms with Gasteiger partial charge in [0.05, 0.1) is 12.1 Å². The molecule has 2 N–H and O–H groups in total. The van der Waals surface area contributed by atoms with Gasteiger partial charge in [-0.25, -0.2) is 4.79 Å². The molecule has 2 aromatic rings. The quantitative estimate of drug-likeness (QED) is 0.603. The van der Waals surface area contributed by atoms with Gasteiger partial charge < -0.3 is 15.5 Å². The van der Waals surface area contributed by atoms with Crippen molar-refractivity contribution < 1.29 is 9.59 Å². The highest BCUT2D eigenvalue weighted by Gasteiger charge is 2.25. The number of urea groups is 1. The molecule has 3 amide bonds. The van der Waals surface area contributed by atoms with Crippen LogP contribution in [0.1, 0.15) is 75.6 Å². The second-order valence-corrected chi connectivity index (χ2v) is 8.51. The monoisotopic (exact) mass is 421 g/mol. The average Bonchev–Trinajstić information content (AvgIpc) is 2.81. The number of nitrogens with zero attached hydrogens (tertiary/aromatic N) is 1. The van der Waals surface area contributed by atoms with Gasteiger partial charge in [-0.05, 0) is 37.8 Å². The van der Waals surface area contributed by atoms with Gasteiger partial charge in [-0.1, -0.05) is 79.9 Å². The summed E-state index contributed by atoms with van der Waals surface area (Å²) in [5, 5.41) is 6.27. The maximum atomic E-state index is 13.2. The lowest BCUT2D eigenvalue weighted by molar-refractivity contribution is -0.122. The highest BCUT2D eigenvalue weighted by atomic mass is 16.2. The van der Waals surface area contributed by atoms with Crippen molar-refractivity contribution in [1.82, 2.24) is 15.5 Å². The van der Waals surface area contributed by atoms with Crippen LogP contribution in [0.2, 0.25) is 0 Å². The molecular weight excluding hydrogens is 386 g/mol. The summed E-state index contributed by atoms with van der Waals surface area (Å²) in [5.41, 5.74) is 2.14. The Kier molecular flexibility index (Phi) is 8.51. The van der Waals surface area contributed by atoms with Gasteiger partial charge in [-0.2, -0.15) is 0 Å². The molecule has 0 aromatic heterocycles. The molecule has 0 saturated heterocycles. The van der Waals surface area contributed by atoms with Crippen LogP contribution in [0.4, 0.5) is 4.79 Å². The predicted molar refractivity (Wildman–Crippen MR) is 125 cm³/mol. The molecule has 1 saturated carbocycles. The maximum absolute atomic E-state index is 13.2. The maximum Gasteiger partial charge on any atom is 0.318 e. The Morgan fingerprint density at radius 2 is 1.48 bits per heavy atom. The number of nitrogens with one attached hydrogen (secondary N) is 2. The minimum Gasteiger partial charge on any atom is -0.350 e. The van der Waals surface area contributed by atoms with Gasteiger partial charge in [0.15, 0.2) is 0 Å². The summed E-state index contributed by atoms with van der Waals surface area (Å²) in [6, 6.07) is 19.9. The second-order valence-electron chi connectivity index (χ2n) is 8.51. The summed E-state index contributed by atoms with van der Waals surface area (Å²) < 4.78 is 0. The van der Waals surface area contributed by atoms with Crippen LogP contribution < -0.4 is 10.6 Å². The average molecular weight is 422 g/mol. The molecule has 5 nitrogen and oxygen atoms in total. The van der Waals surface area contributed by atoms with E-state index in [1.807, 2.05) is 74.5 Å². The van der Waals surface area contributed by atoms with E-state index < -0.39 is 0 Å². The fraction of sp³-hybridized carbons (Fsp3) is 0.462. The Labute approximate surface area is 186 Å². The van der Waals surface area contributed by atoms with Gasteiger partial charge in [0, 0.05) is 19.0 Å². The van der Waals surface area contributed by atoms with Crippen LogP contribution in [0.3, 0.4) is 0 Å². The lowest BCUT2D eigenvalue weighted by Gasteiger charge is -2.32. The van der Waals surface area contributed by atoms with E-state index in [0.717, 1.165) is 24.0 Å². The first kappa shape index (κ1) is 22.9. The van der Waals surface area contributed by atoms with Crippen LogP contribution in [0, 0.1) is 0 Å². The molecule has 2 atom stereocenters. The normalized spacial score (nSPS) is 16.2. The third-order valence-corrected chi connectivity index (χ3v) is 6.20. The first-order valence-corrected chi connectivity index (χ1v) is 11.5.